The molecule has 172 valence electrons. The highest BCUT2D eigenvalue weighted by atomic mass is 32.2. The van der Waals surface area contributed by atoms with Crippen LogP contribution >= 0.6 is 0 Å². The standard InChI is InChI=1S/C22H21N3O7S/c26-19(9-10-20(27)28)23-11-13-24(14-12-23)33(31,32)16-7-5-15(6-8-16)25-21(29)17-3-1-2-4-18(17)22(25)30/h1-8H,9-14H2,(H,27,28)/p-1. The highest BCUT2D eigenvalue weighted by molar-refractivity contribution is 7.89. The Morgan fingerprint density at radius 3 is 1.88 bits per heavy atom. The van der Waals surface area contributed by atoms with Gasteiger partial charge in [0.1, 0.15) is 0 Å². The van der Waals surface area contributed by atoms with Crippen molar-refractivity contribution in [1.29, 1.82) is 0 Å². The van der Waals surface area contributed by atoms with Crippen LogP contribution in [0.5, 0.6) is 0 Å². The van der Waals surface area contributed by atoms with Crippen LogP contribution in [0.3, 0.4) is 0 Å². The van der Waals surface area contributed by atoms with Crippen LogP contribution in [0.25, 0.3) is 0 Å². The number of carboxylic acid groups (broad SMARTS) is 1. The third kappa shape index (κ3) is 4.24. The van der Waals surface area contributed by atoms with E-state index in [2.05, 4.69) is 0 Å². The van der Waals surface area contributed by atoms with E-state index in [4.69, 9.17) is 0 Å². The van der Waals surface area contributed by atoms with E-state index in [1.165, 1.54) is 33.5 Å². The maximum atomic E-state index is 13.0. The Hall–Kier alpha value is -3.57. The van der Waals surface area contributed by atoms with E-state index in [9.17, 15) is 32.7 Å². The van der Waals surface area contributed by atoms with Gasteiger partial charge in [-0.2, -0.15) is 4.31 Å². The predicted molar refractivity (Wildman–Crippen MR) is 114 cm³/mol. The molecule has 1 saturated heterocycles. The van der Waals surface area contributed by atoms with Crippen LogP contribution in [0.15, 0.2) is 53.4 Å². The van der Waals surface area contributed by atoms with Gasteiger partial charge in [0.05, 0.1) is 21.7 Å². The third-order valence-corrected chi connectivity index (χ3v) is 7.57. The van der Waals surface area contributed by atoms with Crippen molar-refractivity contribution in [2.24, 2.45) is 0 Å². The zero-order valence-corrected chi connectivity index (χ0v) is 18.3. The zero-order valence-electron chi connectivity index (χ0n) is 17.5. The van der Waals surface area contributed by atoms with Gasteiger partial charge in [-0.3, -0.25) is 14.4 Å². The van der Waals surface area contributed by atoms with E-state index in [0.29, 0.717) is 11.1 Å². The van der Waals surface area contributed by atoms with E-state index >= 15 is 0 Å². The molecule has 0 N–H and O–H groups in total. The summed E-state index contributed by atoms with van der Waals surface area (Å²) in [6.07, 6.45) is -0.564. The number of hydrogen-bond acceptors (Lipinski definition) is 7. The first-order valence-electron chi connectivity index (χ1n) is 10.3. The molecule has 2 aromatic rings. The summed E-state index contributed by atoms with van der Waals surface area (Å²) < 4.78 is 27.3. The molecule has 0 bridgehead atoms. The van der Waals surface area contributed by atoms with Gasteiger partial charge in [-0.05, 0) is 42.8 Å². The average molecular weight is 470 g/mol. The molecule has 1 fully saturated rings. The number of amides is 3. The molecule has 0 aromatic heterocycles. The molecule has 2 aliphatic rings. The van der Waals surface area contributed by atoms with Crippen molar-refractivity contribution in [3.8, 4) is 0 Å². The molecule has 2 aliphatic heterocycles. The molecule has 0 aliphatic carbocycles. The molecule has 0 spiro atoms. The molecule has 0 saturated carbocycles. The van der Waals surface area contributed by atoms with Crippen molar-refractivity contribution in [2.45, 2.75) is 17.7 Å². The lowest BCUT2D eigenvalue weighted by atomic mass is 10.1. The van der Waals surface area contributed by atoms with Gasteiger partial charge in [0.2, 0.25) is 15.9 Å². The van der Waals surface area contributed by atoms with Crippen molar-refractivity contribution in [1.82, 2.24) is 9.21 Å². The summed E-state index contributed by atoms with van der Waals surface area (Å²) in [4.78, 5) is 50.2. The largest absolute Gasteiger partial charge is 0.550 e. The van der Waals surface area contributed by atoms with Crippen LogP contribution in [0.4, 0.5) is 5.69 Å². The number of fused-ring (bicyclic) bond motifs is 1. The number of sulfonamides is 1. The molecule has 0 atom stereocenters. The van der Waals surface area contributed by atoms with Crippen molar-refractivity contribution in [3.63, 3.8) is 0 Å². The molecule has 0 radical (unpaired) electrons. The third-order valence-electron chi connectivity index (χ3n) is 5.66. The minimum Gasteiger partial charge on any atom is -0.550 e. The predicted octanol–water partition coefficient (Wildman–Crippen LogP) is -0.150. The van der Waals surface area contributed by atoms with Crippen molar-refractivity contribution in [2.75, 3.05) is 31.1 Å². The number of carbonyl (C=O) groups is 4. The molecule has 11 heteroatoms. The first kappa shape index (κ1) is 22.6. The van der Waals surface area contributed by atoms with Gasteiger partial charge in [-0.1, -0.05) is 12.1 Å². The number of rotatable bonds is 6. The van der Waals surface area contributed by atoms with Crippen LogP contribution < -0.4 is 10.0 Å². The number of benzene rings is 2. The van der Waals surface area contributed by atoms with E-state index in [1.807, 2.05) is 0 Å². The minimum absolute atomic E-state index is 0.000382. The number of aliphatic carboxylic acids is 1. The average Bonchev–Trinajstić information content (AvgIpc) is 3.07. The molecule has 0 unspecified atom stereocenters. The van der Waals surface area contributed by atoms with Crippen LogP contribution in [0.2, 0.25) is 0 Å². The number of anilines is 1. The number of hydrogen-bond donors (Lipinski definition) is 0. The normalized spacial score (nSPS) is 16.7. The molecular formula is C22H20N3O7S-. The minimum atomic E-state index is -3.85. The highest BCUT2D eigenvalue weighted by Gasteiger charge is 2.36. The zero-order chi connectivity index (χ0) is 23.8. The topological polar surface area (TPSA) is 135 Å². The number of piperazine rings is 1. The first-order chi connectivity index (χ1) is 15.7. The van der Waals surface area contributed by atoms with Gasteiger partial charge in [-0.25, -0.2) is 13.3 Å². The Morgan fingerprint density at radius 2 is 1.36 bits per heavy atom. The molecule has 2 heterocycles. The number of imide groups is 1. The quantitative estimate of drug-likeness (QED) is 0.536. The summed E-state index contributed by atoms with van der Waals surface area (Å²) in [5.74, 6) is -2.60. The molecular weight excluding hydrogens is 450 g/mol. The summed E-state index contributed by atoms with van der Waals surface area (Å²) in [7, 11) is -3.85. The second-order valence-electron chi connectivity index (χ2n) is 7.64. The fourth-order valence-electron chi connectivity index (χ4n) is 3.88. The number of carbonyl (C=O) groups excluding carboxylic acids is 4. The molecule has 33 heavy (non-hydrogen) atoms. The Kier molecular flexibility index (Phi) is 6.00. The van der Waals surface area contributed by atoms with Crippen LogP contribution in [-0.4, -0.2) is 67.5 Å². The van der Waals surface area contributed by atoms with E-state index < -0.39 is 27.8 Å². The van der Waals surface area contributed by atoms with Crippen LogP contribution in [-0.2, 0) is 19.6 Å². The van der Waals surface area contributed by atoms with Crippen LogP contribution in [0, 0.1) is 0 Å². The molecule has 4 rings (SSSR count). The summed E-state index contributed by atoms with van der Waals surface area (Å²) in [6.45, 7) is 0.440. The Morgan fingerprint density at radius 1 is 0.818 bits per heavy atom. The van der Waals surface area contributed by atoms with Crippen LogP contribution in [0.1, 0.15) is 33.6 Å². The summed E-state index contributed by atoms with van der Waals surface area (Å²) in [5.41, 5.74) is 0.862. The lowest BCUT2D eigenvalue weighted by Gasteiger charge is -2.34. The van der Waals surface area contributed by atoms with Crippen molar-refractivity contribution >= 4 is 39.4 Å². The van der Waals surface area contributed by atoms with Gasteiger partial charge in [0.25, 0.3) is 11.8 Å². The lowest BCUT2D eigenvalue weighted by molar-refractivity contribution is -0.305. The highest BCUT2D eigenvalue weighted by Crippen LogP contribution is 2.29. The van der Waals surface area contributed by atoms with Gasteiger partial charge < -0.3 is 14.8 Å². The Bertz CT molecular complexity index is 1200. The fourth-order valence-corrected chi connectivity index (χ4v) is 5.31. The second kappa shape index (κ2) is 8.75. The van der Waals surface area contributed by atoms with Crippen molar-refractivity contribution in [3.05, 3.63) is 59.7 Å². The fraction of sp³-hybridized carbons (Fsp3) is 0.273. The van der Waals surface area contributed by atoms with E-state index in [-0.39, 0.29) is 55.5 Å². The molecule has 3 amide bonds. The maximum Gasteiger partial charge on any atom is 0.266 e. The molecule has 2 aromatic carbocycles. The number of carboxylic acids is 1. The van der Waals surface area contributed by atoms with Gasteiger partial charge in [0, 0.05) is 38.6 Å². The summed E-state index contributed by atoms with van der Waals surface area (Å²) in [5, 5.41) is 10.5. The summed E-state index contributed by atoms with van der Waals surface area (Å²) in [6, 6.07) is 12.0. The Labute approximate surface area is 190 Å². The second-order valence-corrected chi connectivity index (χ2v) is 9.58. The Balaban J connectivity index is 1.44. The smallest absolute Gasteiger partial charge is 0.266 e. The number of nitrogens with zero attached hydrogens (tertiary/aromatic N) is 3. The first-order valence-corrected chi connectivity index (χ1v) is 11.7. The monoisotopic (exact) mass is 470 g/mol. The van der Waals surface area contributed by atoms with E-state index in [1.54, 1.807) is 24.3 Å². The lowest BCUT2D eigenvalue weighted by Crippen LogP contribution is -2.50. The summed E-state index contributed by atoms with van der Waals surface area (Å²) >= 11 is 0. The van der Waals surface area contributed by atoms with Gasteiger partial charge in [-0.15, -0.1) is 0 Å². The maximum absolute atomic E-state index is 13.0. The van der Waals surface area contributed by atoms with Crippen molar-refractivity contribution < 1.29 is 32.7 Å². The van der Waals surface area contributed by atoms with Gasteiger partial charge in [0.15, 0.2) is 0 Å². The van der Waals surface area contributed by atoms with Gasteiger partial charge >= 0.3 is 0 Å². The van der Waals surface area contributed by atoms with E-state index in [0.717, 1.165) is 4.90 Å². The molecule has 10 nitrogen and oxygen atoms in total. The SMILES string of the molecule is O=C([O-])CCC(=O)N1CCN(S(=O)(=O)c2ccc(N3C(=O)c4ccccc4C3=O)cc2)CC1.